The van der Waals surface area contributed by atoms with Gasteiger partial charge in [0.15, 0.2) is 0 Å². The Bertz CT molecular complexity index is 671. The molecule has 0 fully saturated rings. The molecule has 6 nitrogen and oxygen atoms in total. The highest BCUT2D eigenvalue weighted by Crippen LogP contribution is 2.23. The molecule has 3 aromatic heterocycles. The summed E-state index contributed by atoms with van der Waals surface area (Å²) in [5.74, 6) is 0.411. The fourth-order valence-electron chi connectivity index (χ4n) is 1.79. The van der Waals surface area contributed by atoms with E-state index >= 15 is 0 Å². The number of hydrogen-bond donors (Lipinski definition) is 1. The number of anilines is 1. The highest BCUT2D eigenvalue weighted by atomic mass is 32.1. The first-order chi connectivity index (χ1) is 9.28. The Kier molecular flexibility index (Phi) is 2.96. The van der Waals surface area contributed by atoms with Crippen molar-refractivity contribution in [3.8, 4) is 16.4 Å². The number of rotatable bonds is 3. The number of nitrogens with two attached hydrogens (primary N) is 1. The molecule has 19 heavy (non-hydrogen) atoms. The molecule has 0 spiro atoms. The Morgan fingerprint density at radius 1 is 1.26 bits per heavy atom. The maximum absolute atomic E-state index is 5.55. The highest BCUT2D eigenvalue weighted by molar-refractivity contribution is 7.12. The van der Waals surface area contributed by atoms with Crippen LogP contribution in [0.1, 0.15) is 12.6 Å². The Hall–Kier alpha value is -2.28. The van der Waals surface area contributed by atoms with Crippen molar-refractivity contribution >= 4 is 17.2 Å². The number of nitrogens with zero attached hydrogens (tertiary/aromatic N) is 5. The molecule has 0 saturated carbocycles. The maximum Gasteiger partial charge on any atom is 0.210 e. The van der Waals surface area contributed by atoms with Crippen LogP contribution in [-0.2, 0) is 6.42 Å². The van der Waals surface area contributed by atoms with Gasteiger partial charge < -0.3 is 5.73 Å². The molecular formula is C12H12N6S. The van der Waals surface area contributed by atoms with Gasteiger partial charge in [-0.05, 0) is 6.42 Å². The number of nitrogen functional groups attached to an aromatic ring is 1. The van der Waals surface area contributed by atoms with Gasteiger partial charge in [0.25, 0.3) is 0 Å². The SMILES string of the molecule is CCc1nn(-c2nccs2)cc1-c1cnc(N)cn1. The van der Waals surface area contributed by atoms with E-state index in [0.717, 1.165) is 28.5 Å². The lowest BCUT2D eigenvalue weighted by Crippen LogP contribution is -1.94. The minimum atomic E-state index is 0.411. The topological polar surface area (TPSA) is 82.5 Å². The van der Waals surface area contributed by atoms with Gasteiger partial charge in [0.2, 0.25) is 5.13 Å². The minimum Gasteiger partial charge on any atom is -0.382 e. The van der Waals surface area contributed by atoms with Crippen molar-refractivity contribution in [1.82, 2.24) is 24.7 Å². The summed E-state index contributed by atoms with van der Waals surface area (Å²) in [5.41, 5.74) is 8.26. The summed E-state index contributed by atoms with van der Waals surface area (Å²) in [5, 5.41) is 7.29. The second-order valence-electron chi connectivity index (χ2n) is 3.93. The summed E-state index contributed by atoms with van der Waals surface area (Å²) in [6.45, 7) is 2.06. The zero-order chi connectivity index (χ0) is 13.2. The molecule has 0 radical (unpaired) electrons. The van der Waals surface area contributed by atoms with Crippen molar-refractivity contribution in [3.63, 3.8) is 0 Å². The monoisotopic (exact) mass is 272 g/mol. The lowest BCUT2D eigenvalue weighted by molar-refractivity contribution is 0.834. The van der Waals surface area contributed by atoms with Gasteiger partial charge in [0.05, 0.1) is 23.8 Å². The van der Waals surface area contributed by atoms with Gasteiger partial charge in [-0.15, -0.1) is 11.3 Å². The Morgan fingerprint density at radius 3 is 2.79 bits per heavy atom. The van der Waals surface area contributed by atoms with Crippen molar-refractivity contribution in [2.75, 3.05) is 5.73 Å². The van der Waals surface area contributed by atoms with Gasteiger partial charge in [-0.25, -0.2) is 14.6 Å². The Balaban J connectivity index is 2.08. The molecule has 3 aromatic rings. The molecule has 3 heterocycles. The predicted octanol–water partition coefficient (Wildman–Crippen LogP) is 1.93. The normalized spacial score (nSPS) is 10.8. The van der Waals surface area contributed by atoms with Gasteiger partial charge in [0.1, 0.15) is 5.82 Å². The van der Waals surface area contributed by atoms with Crippen LogP contribution < -0.4 is 5.73 Å². The number of aryl methyl sites for hydroxylation is 1. The molecule has 0 bridgehead atoms. The molecule has 0 aliphatic heterocycles. The molecule has 7 heteroatoms. The van der Waals surface area contributed by atoms with E-state index in [2.05, 4.69) is 27.0 Å². The van der Waals surface area contributed by atoms with Crippen LogP contribution in [0.4, 0.5) is 5.82 Å². The average Bonchev–Trinajstić information content (AvgIpc) is 3.08. The largest absolute Gasteiger partial charge is 0.382 e. The van der Waals surface area contributed by atoms with E-state index in [0.29, 0.717) is 5.82 Å². The minimum absolute atomic E-state index is 0.411. The Morgan fingerprint density at radius 2 is 2.16 bits per heavy atom. The van der Waals surface area contributed by atoms with E-state index in [1.807, 2.05) is 11.6 Å². The van der Waals surface area contributed by atoms with E-state index in [9.17, 15) is 0 Å². The van der Waals surface area contributed by atoms with Gasteiger partial charge >= 0.3 is 0 Å². The van der Waals surface area contributed by atoms with Crippen LogP contribution >= 0.6 is 11.3 Å². The number of aromatic nitrogens is 5. The standard InChI is InChI=1S/C12H12N6S/c1-2-9-8(10-5-16-11(13)6-15-10)7-18(17-9)12-14-3-4-19-12/h3-7H,2H2,1H3,(H2,13,16). The fourth-order valence-corrected chi connectivity index (χ4v) is 2.36. The summed E-state index contributed by atoms with van der Waals surface area (Å²) in [7, 11) is 0. The summed E-state index contributed by atoms with van der Waals surface area (Å²) in [4.78, 5) is 12.6. The predicted molar refractivity (Wildman–Crippen MR) is 74.1 cm³/mol. The van der Waals surface area contributed by atoms with Crippen LogP contribution in [0.3, 0.4) is 0 Å². The van der Waals surface area contributed by atoms with Crippen LogP contribution in [0.2, 0.25) is 0 Å². The molecule has 0 atom stereocenters. The first-order valence-electron chi connectivity index (χ1n) is 5.84. The van der Waals surface area contributed by atoms with Crippen LogP contribution in [0.5, 0.6) is 0 Å². The maximum atomic E-state index is 5.55. The fraction of sp³-hybridized carbons (Fsp3) is 0.167. The number of thiazole rings is 1. The molecule has 0 saturated heterocycles. The molecule has 0 amide bonds. The zero-order valence-electron chi connectivity index (χ0n) is 10.3. The first-order valence-corrected chi connectivity index (χ1v) is 6.72. The van der Waals surface area contributed by atoms with E-state index in [1.54, 1.807) is 23.3 Å². The lowest BCUT2D eigenvalue weighted by atomic mass is 10.1. The van der Waals surface area contributed by atoms with Gasteiger partial charge in [0, 0.05) is 23.3 Å². The molecular weight excluding hydrogens is 260 g/mol. The highest BCUT2D eigenvalue weighted by Gasteiger charge is 2.13. The molecule has 0 aliphatic carbocycles. The zero-order valence-corrected chi connectivity index (χ0v) is 11.1. The molecule has 0 aliphatic rings. The van der Waals surface area contributed by atoms with E-state index in [-0.39, 0.29) is 0 Å². The third kappa shape index (κ3) is 2.19. The first kappa shape index (κ1) is 11.8. The van der Waals surface area contributed by atoms with Crippen molar-refractivity contribution in [2.24, 2.45) is 0 Å². The van der Waals surface area contributed by atoms with Crippen molar-refractivity contribution in [3.05, 3.63) is 35.9 Å². The molecule has 2 N–H and O–H groups in total. The van der Waals surface area contributed by atoms with Crippen LogP contribution in [0, 0.1) is 0 Å². The van der Waals surface area contributed by atoms with E-state index in [4.69, 9.17) is 5.73 Å². The quantitative estimate of drug-likeness (QED) is 0.787. The van der Waals surface area contributed by atoms with Crippen LogP contribution in [0.15, 0.2) is 30.2 Å². The second kappa shape index (κ2) is 4.77. The van der Waals surface area contributed by atoms with Gasteiger partial charge in [-0.3, -0.25) is 4.98 Å². The average molecular weight is 272 g/mol. The molecule has 96 valence electrons. The third-order valence-electron chi connectivity index (χ3n) is 2.69. The van der Waals surface area contributed by atoms with E-state index in [1.165, 1.54) is 11.3 Å². The molecule has 0 unspecified atom stereocenters. The summed E-state index contributed by atoms with van der Waals surface area (Å²) < 4.78 is 1.77. The van der Waals surface area contributed by atoms with Gasteiger partial charge in [-0.1, -0.05) is 6.92 Å². The van der Waals surface area contributed by atoms with Crippen molar-refractivity contribution < 1.29 is 0 Å². The third-order valence-corrected chi connectivity index (χ3v) is 3.45. The van der Waals surface area contributed by atoms with Crippen molar-refractivity contribution in [2.45, 2.75) is 13.3 Å². The summed E-state index contributed by atoms with van der Waals surface area (Å²) in [6.07, 6.45) is 7.72. The lowest BCUT2D eigenvalue weighted by Gasteiger charge is -1.98. The van der Waals surface area contributed by atoms with Crippen molar-refractivity contribution in [1.29, 1.82) is 0 Å². The van der Waals surface area contributed by atoms with Gasteiger partial charge in [-0.2, -0.15) is 5.10 Å². The molecule has 3 rings (SSSR count). The number of hydrogen-bond acceptors (Lipinski definition) is 6. The van der Waals surface area contributed by atoms with Crippen LogP contribution in [-0.4, -0.2) is 24.7 Å². The Labute approximate surface area is 114 Å². The smallest absolute Gasteiger partial charge is 0.210 e. The summed E-state index contributed by atoms with van der Waals surface area (Å²) >= 11 is 1.54. The van der Waals surface area contributed by atoms with E-state index < -0.39 is 0 Å². The van der Waals surface area contributed by atoms with Crippen LogP contribution in [0.25, 0.3) is 16.4 Å². The molecule has 0 aromatic carbocycles. The summed E-state index contributed by atoms with van der Waals surface area (Å²) in [6, 6.07) is 0. The second-order valence-corrected chi connectivity index (χ2v) is 4.80.